The fourth-order valence-electron chi connectivity index (χ4n) is 4.07. The summed E-state index contributed by atoms with van der Waals surface area (Å²) >= 11 is 0. The molecular formula is C25H34N4O5. The van der Waals surface area contributed by atoms with Crippen LogP contribution in [0.2, 0.25) is 0 Å². The predicted octanol–water partition coefficient (Wildman–Crippen LogP) is 3.14. The lowest BCUT2D eigenvalue weighted by Gasteiger charge is -2.43. The normalized spacial score (nSPS) is 17.8. The number of fused-ring (bicyclic) bond motifs is 1. The van der Waals surface area contributed by atoms with E-state index in [1.165, 1.54) is 18.3 Å². The Bertz CT molecular complexity index is 1040. The number of aromatic nitrogens is 2. The van der Waals surface area contributed by atoms with E-state index in [9.17, 15) is 14.4 Å². The summed E-state index contributed by atoms with van der Waals surface area (Å²) in [4.78, 5) is 45.0. The zero-order chi connectivity index (χ0) is 25.0. The van der Waals surface area contributed by atoms with Crippen LogP contribution in [0.25, 0.3) is 0 Å². The molecular weight excluding hydrogens is 436 g/mol. The molecule has 0 aliphatic carbocycles. The van der Waals surface area contributed by atoms with Crippen LogP contribution in [0, 0.1) is 0 Å². The fourth-order valence-corrected chi connectivity index (χ4v) is 4.07. The van der Waals surface area contributed by atoms with Crippen molar-refractivity contribution in [3.63, 3.8) is 0 Å². The summed E-state index contributed by atoms with van der Waals surface area (Å²) in [5.74, 6) is -1.16. The number of hydrogen-bond acceptors (Lipinski definition) is 6. The van der Waals surface area contributed by atoms with Gasteiger partial charge in [-0.05, 0) is 50.8 Å². The number of carbonyl (C=O) groups excluding carboxylic acids is 3. The first kappa shape index (κ1) is 25.4. The van der Waals surface area contributed by atoms with Crippen LogP contribution in [0.3, 0.4) is 0 Å². The molecule has 1 aromatic carbocycles. The molecule has 0 fully saturated rings. The summed E-state index contributed by atoms with van der Waals surface area (Å²) in [5.41, 5.74) is 0.486. The van der Waals surface area contributed by atoms with Crippen molar-refractivity contribution in [3.05, 3.63) is 47.5 Å². The number of imidazole rings is 1. The third-order valence-electron chi connectivity index (χ3n) is 5.96. The Balaban J connectivity index is 1.96. The van der Waals surface area contributed by atoms with Crippen molar-refractivity contribution >= 4 is 23.5 Å². The van der Waals surface area contributed by atoms with Gasteiger partial charge in [0.1, 0.15) is 11.2 Å². The van der Waals surface area contributed by atoms with Gasteiger partial charge in [-0.25, -0.2) is 9.78 Å². The molecule has 1 atom stereocenters. The number of benzene rings is 1. The molecule has 0 radical (unpaired) electrons. The first-order valence-corrected chi connectivity index (χ1v) is 11.6. The van der Waals surface area contributed by atoms with Gasteiger partial charge >= 0.3 is 5.97 Å². The Morgan fingerprint density at radius 1 is 1.18 bits per heavy atom. The maximum atomic E-state index is 13.8. The van der Waals surface area contributed by atoms with Crippen molar-refractivity contribution in [3.8, 4) is 0 Å². The van der Waals surface area contributed by atoms with Gasteiger partial charge in [-0.3, -0.25) is 14.5 Å². The molecule has 1 aromatic heterocycles. The van der Waals surface area contributed by atoms with E-state index in [1.807, 2.05) is 38.1 Å². The van der Waals surface area contributed by atoms with Crippen molar-refractivity contribution in [2.45, 2.75) is 65.1 Å². The molecule has 2 amide bonds. The Kier molecular flexibility index (Phi) is 7.76. The smallest absolute Gasteiger partial charge is 0.359 e. The molecule has 0 bridgehead atoms. The third kappa shape index (κ3) is 4.99. The largest absolute Gasteiger partial charge is 0.464 e. The van der Waals surface area contributed by atoms with Crippen LogP contribution in [-0.2, 0) is 20.8 Å². The minimum Gasteiger partial charge on any atom is -0.464 e. The van der Waals surface area contributed by atoms with E-state index >= 15 is 0 Å². The van der Waals surface area contributed by atoms with E-state index in [0.717, 1.165) is 5.56 Å². The highest BCUT2D eigenvalue weighted by atomic mass is 16.5. The van der Waals surface area contributed by atoms with Crippen LogP contribution < -0.4 is 10.2 Å². The summed E-state index contributed by atoms with van der Waals surface area (Å²) in [5, 5.41) is 2.95. The molecule has 0 spiro atoms. The van der Waals surface area contributed by atoms with Gasteiger partial charge in [-0.2, -0.15) is 0 Å². The van der Waals surface area contributed by atoms with Crippen LogP contribution in [-0.4, -0.2) is 59.2 Å². The number of ether oxygens (including phenoxy) is 2. The van der Waals surface area contributed by atoms with Crippen LogP contribution >= 0.6 is 0 Å². The van der Waals surface area contributed by atoms with E-state index in [-0.39, 0.29) is 29.9 Å². The molecule has 2 heterocycles. The number of carbonyl (C=O) groups is 3. The summed E-state index contributed by atoms with van der Waals surface area (Å²) in [7, 11) is 1.24. The number of rotatable bonds is 9. The number of methoxy groups -OCH3 is 1. The molecule has 0 saturated heterocycles. The second kappa shape index (κ2) is 10.4. The predicted molar refractivity (Wildman–Crippen MR) is 128 cm³/mol. The molecule has 9 nitrogen and oxygen atoms in total. The zero-order valence-electron chi connectivity index (χ0n) is 20.8. The van der Waals surface area contributed by atoms with Crippen molar-refractivity contribution in [1.82, 2.24) is 14.9 Å². The first-order chi connectivity index (χ1) is 16.1. The lowest BCUT2D eigenvalue weighted by molar-refractivity contribution is -0.126. The van der Waals surface area contributed by atoms with Crippen molar-refractivity contribution in [1.29, 1.82) is 0 Å². The standard InChI is InChI=1S/C25H34N4O5/c1-16(2)18-8-10-19(11-9-18)29-22(30)21-20(23(31)33-6)27-15-28(21)14-25(29,5)24(32)26-12-7-13-34-17(3)4/h8-11,15-17H,7,12-14H2,1-6H3,(H,26,32). The Labute approximate surface area is 200 Å². The summed E-state index contributed by atoms with van der Waals surface area (Å²) in [6.45, 7) is 10.9. The average molecular weight is 471 g/mol. The van der Waals surface area contributed by atoms with E-state index in [1.54, 1.807) is 11.5 Å². The van der Waals surface area contributed by atoms with Crippen LogP contribution in [0.15, 0.2) is 30.6 Å². The molecule has 1 aliphatic rings. The lowest BCUT2D eigenvalue weighted by atomic mass is 9.92. The Morgan fingerprint density at radius 2 is 1.85 bits per heavy atom. The minimum absolute atomic E-state index is 0.0652. The van der Waals surface area contributed by atoms with Gasteiger partial charge in [-0.1, -0.05) is 26.0 Å². The maximum absolute atomic E-state index is 13.8. The van der Waals surface area contributed by atoms with Crippen LogP contribution in [0.1, 0.15) is 73.5 Å². The topological polar surface area (TPSA) is 103 Å². The monoisotopic (exact) mass is 470 g/mol. The highest BCUT2D eigenvalue weighted by Crippen LogP contribution is 2.34. The fraction of sp³-hybridized carbons (Fsp3) is 0.520. The molecule has 0 saturated carbocycles. The molecule has 184 valence electrons. The van der Waals surface area contributed by atoms with Crippen molar-refractivity contribution in [2.75, 3.05) is 25.2 Å². The second-order valence-electron chi connectivity index (χ2n) is 9.25. The molecule has 34 heavy (non-hydrogen) atoms. The van der Waals surface area contributed by atoms with Gasteiger partial charge < -0.3 is 19.4 Å². The number of amides is 2. The SMILES string of the molecule is COC(=O)c1ncn2c1C(=O)N(c1ccc(C(C)C)cc1)C(C)(C(=O)NCCCOC(C)C)C2. The van der Waals surface area contributed by atoms with Gasteiger partial charge in [0.2, 0.25) is 5.91 Å². The number of nitrogens with zero attached hydrogens (tertiary/aromatic N) is 3. The number of esters is 1. The molecule has 3 rings (SSSR count). The summed E-state index contributed by atoms with van der Waals surface area (Å²) in [6.07, 6.45) is 2.18. The summed E-state index contributed by atoms with van der Waals surface area (Å²) in [6, 6.07) is 7.56. The van der Waals surface area contributed by atoms with Gasteiger partial charge in [0.05, 0.1) is 26.1 Å². The van der Waals surface area contributed by atoms with Crippen LogP contribution in [0.5, 0.6) is 0 Å². The maximum Gasteiger partial charge on any atom is 0.359 e. The lowest BCUT2D eigenvalue weighted by Crippen LogP contribution is -2.64. The molecule has 1 unspecified atom stereocenters. The second-order valence-corrected chi connectivity index (χ2v) is 9.25. The minimum atomic E-state index is -1.24. The highest BCUT2D eigenvalue weighted by Gasteiger charge is 2.49. The van der Waals surface area contributed by atoms with E-state index in [2.05, 4.69) is 24.1 Å². The van der Waals surface area contributed by atoms with Crippen molar-refractivity contribution < 1.29 is 23.9 Å². The number of nitrogens with one attached hydrogen (secondary N) is 1. The van der Waals surface area contributed by atoms with Gasteiger partial charge in [0.25, 0.3) is 5.91 Å². The molecule has 9 heteroatoms. The van der Waals surface area contributed by atoms with E-state index in [4.69, 9.17) is 9.47 Å². The Hall–Kier alpha value is -3.20. The number of hydrogen-bond donors (Lipinski definition) is 1. The van der Waals surface area contributed by atoms with Crippen LogP contribution in [0.4, 0.5) is 5.69 Å². The van der Waals surface area contributed by atoms with E-state index < -0.39 is 17.4 Å². The first-order valence-electron chi connectivity index (χ1n) is 11.6. The van der Waals surface area contributed by atoms with Crippen molar-refractivity contribution in [2.24, 2.45) is 0 Å². The van der Waals surface area contributed by atoms with E-state index in [0.29, 0.717) is 31.2 Å². The third-order valence-corrected chi connectivity index (χ3v) is 5.96. The quantitative estimate of drug-likeness (QED) is 0.446. The summed E-state index contributed by atoms with van der Waals surface area (Å²) < 4.78 is 11.9. The van der Waals surface area contributed by atoms with Gasteiger partial charge in [0, 0.05) is 18.8 Å². The molecule has 1 N–H and O–H groups in total. The number of anilines is 1. The molecule has 2 aromatic rings. The Morgan fingerprint density at radius 3 is 2.44 bits per heavy atom. The average Bonchev–Trinajstić information content (AvgIpc) is 3.22. The highest BCUT2D eigenvalue weighted by molar-refractivity contribution is 6.15. The molecule has 1 aliphatic heterocycles. The van der Waals surface area contributed by atoms with Gasteiger partial charge in [-0.15, -0.1) is 0 Å². The van der Waals surface area contributed by atoms with Gasteiger partial charge in [0.15, 0.2) is 5.69 Å². The zero-order valence-corrected chi connectivity index (χ0v) is 20.8.